The van der Waals surface area contributed by atoms with Crippen LogP contribution in [0.4, 0.5) is 11.5 Å². The lowest BCUT2D eigenvalue weighted by Crippen LogP contribution is -2.61. The predicted octanol–water partition coefficient (Wildman–Crippen LogP) is 3.27. The number of pyridine rings is 1. The van der Waals surface area contributed by atoms with Crippen LogP contribution in [0, 0.1) is 5.92 Å². The number of hydrogen-bond acceptors (Lipinski definition) is 5. The van der Waals surface area contributed by atoms with Crippen LogP contribution in [-0.2, 0) is 17.8 Å². The maximum Gasteiger partial charge on any atom is 0.225 e. The summed E-state index contributed by atoms with van der Waals surface area (Å²) in [6.07, 6.45) is 2.55. The molecule has 1 aromatic heterocycles. The molecule has 1 fully saturated rings. The number of aromatic nitrogens is 1. The third-order valence-electron chi connectivity index (χ3n) is 6.54. The van der Waals surface area contributed by atoms with E-state index in [4.69, 9.17) is 4.74 Å². The third-order valence-corrected chi connectivity index (χ3v) is 6.54. The van der Waals surface area contributed by atoms with Gasteiger partial charge in [-0.2, -0.15) is 0 Å². The van der Waals surface area contributed by atoms with Gasteiger partial charge in [-0.3, -0.25) is 4.79 Å². The minimum absolute atomic E-state index is 0.0705. The summed E-state index contributed by atoms with van der Waals surface area (Å²) in [4.78, 5) is 22.6. The van der Waals surface area contributed by atoms with E-state index in [9.17, 15) is 4.79 Å². The van der Waals surface area contributed by atoms with Crippen molar-refractivity contribution < 1.29 is 9.53 Å². The number of anilines is 2. The molecule has 0 saturated carbocycles. The number of hydrogen-bond donors (Lipinski definition) is 1. The Bertz CT molecular complexity index is 1070. The van der Waals surface area contributed by atoms with E-state index in [0.717, 1.165) is 43.2 Å². The van der Waals surface area contributed by atoms with E-state index in [2.05, 4.69) is 32.2 Å². The molecule has 0 aliphatic carbocycles. The predicted molar refractivity (Wildman–Crippen MR) is 126 cm³/mol. The van der Waals surface area contributed by atoms with Gasteiger partial charge in [0.25, 0.3) is 0 Å². The van der Waals surface area contributed by atoms with E-state index in [-0.39, 0.29) is 17.9 Å². The minimum atomic E-state index is -0.133. The largest absolute Gasteiger partial charge is 0.497 e. The lowest BCUT2D eigenvalue weighted by molar-refractivity contribution is -0.126. The summed E-state index contributed by atoms with van der Waals surface area (Å²) in [6, 6.07) is 22.3. The van der Waals surface area contributed by atoms with Crippen molar-refractivity contribution in [3.8, 4) is 5.75 Å². The number of nitrogens with zero attached hydrogens (tertiary/aromatic N) is 3. The average molecular weight is 429 g/mol. The van der Waals surface area contributed by atoms with Gasteiger partial charge in [-0.05, 0) is 35.7 Å². The fourth-order valence-corrected chi connectivity index (χ4v) is 4.87. The number of rotatable bonds is 5. The molecule has 2 aromatic carbocycles. The molecule has 2 atom stereocenters. The Morgan fingerprint density at radius 3 is 2.72 bits per heavy atom. The van der Waals surface area contributed by atoms with Crippen LogP contribution in [0.1, 0.15) is 11.1 Å². The van der Waals surface area contributed by atoms with Crippen LogP contribution in [0.2, 0.25) is 0 Å². The second kappa shape index (κ2) is 8.91. The van der Waals surface area contributed by atoms with Gasteiger partial charge in [0, 0.05) is 44.1 Å². The summed E-state index contributed by atoms with van der Waals surface area (Å²) in [6.45, 7) is 3.01. The Hall–Kier alpha value is -3.54. The first-order valence-corrected chi connectivity index (χ1v) is 11.1. The van der Waals surface area contributed by atoms with Gasteiger partial charge in [0.05, 0.1) is 19.1 Å². The molecular formula is C26H28N4O2. The number of carbonyl (C=O) groups is 1. The zero-order valence-corrected chi connectivity index (χ0v) is 18.3. The first-order chi connectivity index (χ1) is 15.7. The van der Waals surface area contributed by atoms with Crippen molar-refractivity contribution >= 4 is 17.4 Å². The second-order valence-electron chi connectivity index (χ2n) is 8.40. The maximum atomic E-state index is 13.4. The van der Waals surface area contributed by atoms with Gasteiger partial charge in [-0.1, -0.05) is 42.5 Å². The number of amides is 1. The second-order valence-corrected chi connectivity index (χ2v) is 8.40. The average Bonchev–Trinajstić information content (AvgIpc) is 2.87. The van der Waals surface area contributed by atoms with Gasteiger partial charge in [0.15, 0.2) is 0 Å². The normalized spacial score (nSPS) is 19.7. The lowest BCUT2D eigenvalue weighted by atomic mass is 9.83. The summed E-state index contributed by atoms with van der Waals surface area (Å²) < 4.78 is 5.49. The Labute approximate surface area is 188 Å². The van der Waals surface area contributed by atoms with E-state index in [1.165, 1.54) is 11.3 Å². The summed E-state index contributed by atoms with van der Waals surface area (Å²) in [5.41, 5.74) is 3.49. The number of nitrogens with one attached hydrogen (secondary N) is 1. The fraction of sp³-hybridized carbons (Fsp3) is 0.308. The molecule has 5 rings (SSSR count). The Kier molecular flexibility index (Phi) is 5.67. The van der Waals surface area contributed by atoms with Gasteiger partial charge in [-0.25, -0.2) is 4.98 Å². The summed E-state index contributed by atoms with van der Waals surface area (Å²) in [7, 11) is 1.70. The molecule has 0 radical (unpaired) electrons. The van der Waals surface area contributed by atoms with Crippen LogP contribution < -0.4 is 19.9 Å². The van der Waals surface area contributed by atoms with E-state index in [0.29, 0.717) is 6.54 Å². The van der Waals surface area contributed by atoms with Gasteiger partial charge in [-0.15, -0.1) is 0 Å². The van der Waals surface area contributed by atoms with Gasteiger partial charge in [0.2, 0.25) is 5.91 Å². The van der Waals surface area contributed by atoms with Crippen molar-refractivity contribution in [3.63, 3.8) is 0 Å². The molecule has 32 heavy (non-hydrogen) atoms. The molecule has 0 unspecified atom stereocenters. The van der Waals surface area contributed by atoms with Crippen LogP contribution in [0.15, 0.2) is 72.9 Å². The highest BCUT2D eigenvalue weighted by atomic mass is 16.5. The molecule has 3 aromatic rings. The van der Waals surface area contributed by atoms with E-state index < -0.39 is 0 Å². The van der Waals surface area contributed by atoms with Crippen molar-refractivity contribution in [1.82, 2.24) is 10.3 Å². The van der Waals surface area contributed by atoms with E-state index in [1.807, 2.05) is 60.8 Å². The standard InChI is InChI=1S/C26H28N4O2/c1-32-21-11-10-20-15-22(26(31)28-17-19-7-3-2-4-8-19)24-18-29(25-9-5-6-12-27-25)13-14-30(24)23(20)16-21/h2-12,16,22,24H,13-15,17-18H2,1H3,(H,28,31)/t22-,24-/m1/s1. The molecule has 1 amide bonds. The van der Waals surface area contributed by atoms with Crippen molar-refractivity contribution in [3.05, 3.63) is 84.1 Å². The van der Waals surface area contributed by atoms with Gasteiger partial charge in [0.1, 0.15) is 11.6 Å². The molecule has 6 nitrogen and oxygen atoms in total. The molecule has 1 saturated heterocycles. The van der Waals surface area contributed by atoms with Crippen molar-refractivity contribution in [2.75, 3.05) is 36.5 Å². The van der Waals surface area contributed by atoms with Crippen LogP contribution in [-0.4, -0.2) is 43.7 Å². The maximum absolute atomic E-state index is 13.4. The van der Waals surface area contributed by atoms with Gasteiger partial charge >= 0.3 is 0 Å². The molecule has 164 valence electrons. The highest BCUT2D eigenvalue weighted by Gasteiger charge is 2.41. The van der Waals surface area contributed by atoms with Crippen molar-refractivity contribution in [2.45, 2.75) is 19.0 Å². The molecule has 2 aliphatic heterocycles. The first-order valence-electron chi connectivity index (χ1n) is 11.1. The van der Waals surface area contributed by atoms with E-state index in [1.54, 1.807) is 7.11 Å². The highest BCUT2D eigenvalue weighted by molar-refractivity contribution is 5.82. The number of ether oxygens (including phenoxy) is 1. The monoisotopic (exact) mass is 428 g/mol. The molecule has 0 spiro atoms. The molecule has 2 aliphatic rings. The molecule has 0 bridgehead atoms. The summed E-state index contributed by atoms with van der Waals surface area (Å²) in [5, 5.41) is 3.19. The molecule has 1 N–H and O–H groups in total. The quantitative estimate of drug-likeness (QED) is 0.676. The molecular weight excluding hydrogens is 400 g/mol. The Balaban J connectivity index is 1.42. The summed E-state index contributed by atoms with van der Waals surface area (Å²) in [5.74, 6) is 1.79. The third kappa shape index (κ3) is 4.00. The SMILES string of the molecule is COc1ccc2c(c1)N1CCN(c3ccccn3)C[C@@H]1[C@H](C(=O)NCc1ccccc1)C2. The topological polar surface area (TPSA) is 57.7 Å². The van der Waals surface area contributed by atoms with E-state index >= 15 is 0 Å². The lowest BCUT2D eigenvalue weighted by Gasteiger charge is -2.49. The van der Waals surface area contributed by atoms with Crippen LogP contribution in [0.25, 0.3) is 0 Å². The minimum Gasteiger partial charge on any atom is -0.497 e. The van der Waals surface area contributed by atoms with Crippen molar-refractivity contribution in [1.29, 1.82) is 0 Å². The van der Waals surface area contributed by atoms with Crippen LogP contribution in [0.5, 0.6) is 5.75 Å². The number of methoxy groups -OCH3 is 1. The number of carbonyl (C=O) groups excluding carboxylic acids is 1. The van der Waals surface area contributed by atoms with Crippen LogP contribution in [0.3, 0.4) is 0 Å². The molecule has 6 heteroatoms. The number of piperazine rings is 1. The zero-order chi connectivity index (χ0) is 21.9. The van der Waals surface area contributed by atoms with Gasteiger partial charge < -0.3 is 19.9 Å². The Morgan fingerprint density at radius 1 is 1.09 bits per heavy atom. The number of benzene rings is 2. The summed E-state index contributed by atoms with van der Waals surface area (Å²) >= 11 is 0. The fourth-order valence-electron chi connectivity index (χ4n) is 4.87. The number of fused-ring (bicyclic) bond motifs is 3. The zero-order valence-electron chi connectivity index (χ0n) is 18.3. The Morgan fingerprint density at radius 2 is 1.94 bits per heavy atom. The van der Waals surface area contributed by atoms with Crippen LogP contribution >= 0.6 is 0 Å². The molecule has 3 heterocycles. The first kappa shape index (κ1) is 20.4. The van der Waals surface area contributed by atoms with Crippen molar-refractivity contribution in [2.24, 2.45) is 5.92 Å². The smallest absolute Gasteiger partial charge is 0.225 e. The highest BCUT2D eigenvalue weighted by Crippen LogP contribution is 2.38.